The molecule has 0 amide bonds. The molecule has 2 rings (SSSR count). The van der Waals surface area contributed by atoms with Gasteiger partial charge in [0.2, 0.25) is 0 Å². The van der Waals surface area contributed by atoms with Gasteiger partial charge in [0, 0.05) is 39.6 Å². The highest BCUT2D eigenvalue weighted by Gasteiger charge is 1.99. The number of hydrogen-bond acceptors (Lipinski definition) is 2. The van der Waals surface area contributed by atoms with Crippen molar-refractivity contribution in [1.82, 2.24) is 15.2 Å². The lowest BCUT2D eigenvalue weighted by molar-refractivity contribution is 0.311. The van der Waals surface area contributed by atoms with Crippen LogP contribution in [0, 0.1) is 0 Å². The summed E-state index contributed by atoms with van der Waals surface area (Å²) >= 11 is 0. The summed E-state index contributed by atoms with van der Waals surface area (Å²) in [5, 5.41) is 6.58. The monoisotopic (exact) mass is 428 g/mol. The number of aryl methyl sites for hydroxylation is 1. The highest BCUT2D eigenvalue weighted by Crippen LogP contribution is 2.07. The van der Waals surface area contributed by atoms with E-state index in [1.807, 2.05) is 48.1 Å². The molecule has 0 bridgehead atoms. The van der Waals surface area contributed by atoms with Crippen LogP contribution < -0.4 is 15.4 Å². The number of halogens is 1. The van der Waals surface area contributed by atoms with Crippen molar-refractivity contribution in [2.45, 2.75) is 13.0 Å². The maximum atomic E-state index is 5.65. The molecule has 6 heteroatoms. The quantitative estimate of drug-likeness (QED) is 0.309. The molecule has 2 N–H and O–H groups in total. The molecule has 1 heterocycles. The molecule has 0 atom stereocenters. The molecule has 5 nitrogen and oxygen atoms in total. The zero-order chi connectivity index (χ0) is 15.6. The number of aliphatic imine (C=N–C) groups is 1. The zero-order valence-electron chi connectivity index (χ0n) is 13.7. The summed E-state index contributed by atoms with van der Waals surface area (Å²) in [4.78, 5) is 4.21. The van der Waals surface area contributed by atoms with Gasteiger partial charge in [-0.25, -0.2) is 0 Å². The van der Waals surface area contributed by atoms with E-state index in [2.05, 4.69) is 27.9 Å². The fourth-order valence-corrected chi connectivity index (χ4v) is 2.06. The lowest BCUT2D eigenvalue weighted by Crippen LogP contribution is -2.37. The Bertz CT molecular complexity index is 583. The largest absolute Gasteiger partial charge is 0.494 e. The number of nitrogens with zero attached hydrogens (tertiary/aromatic N) is 2. The molecular weight excluding hydrogens is 403 g/mol. The molecule has 0 saturated heterocycles. The van der Waals surface area contributed by atoms with E-state index in [0.717, 1.165) is 31.2 Å². The topological polar surface area (TPSA) is 50.6 Å². The van der Waals surface area contributed by atoms with Gasteiger partial charge in [-0.3, -0.25) is 4.99 Å². The summed E-state index contributed by atoms with van der Waals surface area (Å²) < 4.78 is 7.69. The second-order valence-corrected chi connectivity index (χ2v) is 5.05. The maximum Gasteiger partial charge on any atom is 0.191 e. The van der Waals surface area contributed by atoms with E-state index in [0.29, 0.717) is 6.61 Å². The lowest BCUT2D eigenvalue weighted by atomic mass is 10.3. The Hall–Kier alpha value is -1.70. The summed E-state index contributed by atoms with van der Waals surface area (Å²) in [7, 11) is 3.80. The van der Waals surface area contributed by atoms with Gasteiger partial charge in [0.15, 0.2) is 5.96 Å². The first kappa shape index (κ1) is 19.3. The number of para-hydroxylation sites is 1. The van der Waals surface area contributed by atoms with Crippen LogP contribution in [-0.4, -0.2) is 30.7 Å². The maximum absolute atomic E-state index is 5.65. The number of nitrogens with one attached hydrogen (secondary N) is 2. The van der Waals surface area contributed by atoms with Crippen LogP contribution in [-0.2, 0) is 13.6 Å². The predicted molar refractivity (Wildman–Crippen MR) is 106 cm³/mol. The first-order chi connectivity index (χ1) is 10.8. The molecule has 126 valence electrons. The lowest BCUT2D eigenvalue weighted by Gasteiger charge is -2.11. The van der Waals surface area contributed by atoms with Gasteiger partial charge >= 0.3 is 0 Å². The molecule has 1 aromatic heterocycles. The summed E-state index contributed by atoms with van der Waals surface area (Å²) in [6.45, 7) is 2.27. The average molecular weight is 428 g/mol. The van der Waals surface area contributed by atoms with Gasteiger partial charge in [-0.1, -0.05) is 18.2 Å². The van der Waals surface area contributed by atoms with Crippen LogP contribution in [0.25, 0.3) is 0 Å². The Balaban J connectivity index is 0.00000264. The Morgan fingerprint density at radius 2 is 1.96 bits per heavy atom. The summed E-state index contributed by atoms with van der Waals surface area (Å²) in [5.74, 6) is 1.72. The fourth-order valence-electron chi connectivity index (χ4n) is 2.06. The van der Waals surface area contributed by atoms with Crippen molar-refractivity contribution < 1.29 is 4.74 Å². The number of ether oxygens (including phenoxy) is 1. The van der Waals surface area contributed by atoms with E-state index < -0.39 is 0 Å². The van der Waals surface area contributed by atoms with Crippen LogP contribution in [0.5, 0.6) is 5.75 Å². The van der Waals surface area contributed by atoms with Crippen molar-refractivity contribution in [1.29, 1.82) is 0 Å². The Kier molecular flexibility index (Phi) is 9.20. The number of hydrogen-bond donors (Lipinski definition) is 2. The van der Waals surface area contributed by atoms with Gasteiger partial charge in [-0.05, 0) is 30.2 Å². The third kappa shape index (κ3) is 7.40. The first-order valence-electron chi connectivity index (χ1n) is 7.51. The van der Waals surface area contributed by atoms with Crippen LogP contribution in [0.15, 0.2) is 53.8 Å². The summed E-state index contributed by atoms with van der Waals surface area (Å²) in [6.07, 6.45) is 5.04. The standard InChI is InChI=1S/C17H24N4O.HI/c1-18-17(20-13-15-9-11-21(2)14-15)19-10-6-12-22-16-7-4-3-5-8-16;/h3-5,7-9,11,14H,6,10,12-13H2,1-2H3,(H2,18,19,20);1H. The molecule has 0 unspecified atom stereocenters. The number of rotatable bonds is 7. The van der Waals surface area contributed by atoms with E-state index in [1.54, 1.807) is 7.05 Å². The van der Waals surface area contributed by atoms with Crippen LogP contribution in [0.4, 0.5) is 0 Å². The molecule has 1 aromatic carbocycles. The van der Waals surface area contributed by atoms with Crippen molar-refractivity contribution in [3.05, 3.63) is 54.4 Å². The highest BCUT2D eigenvalue weighted by atomic mass is 127. The molecule has 2 aromatic rings. The molecule has 0 fully saturated rings. The second kappa shape index (κ2) is 10.9. The third-order valence-electron chi connectivity index (χ3n) is 3.20. The van der Waals surface area contributed by atoms with Gasteiger partial charge in [-0.15, -0.1) is 24.0 Å². The van der Waals surface area contributed by atoms with Crippen molar-refractivity contribution in [3.8, 4) is 5.75 Å². The van der Waals surface area contributed by atoms with Crippen LogP contribution in [0.2, 0.25) is 0 Å². The Morgan fingerprint density at radius 3 is 2.61 bits per heavy atom. The van der Waals surface area contributed by atoms with Gasteiger partial charge in [0.05, 0.1) is 6.61 Å². The predicted octanol–water partition coefficient (Wildman–Crippen LogP) is 2.78. The van der Waals surface area contributed by atoms with E-state index in [4.69, 9.17) is 4.74 Å². The Morgan fingerprint density at radius 1 is 1.17 bits per heavy atom. The van der Waals surface area contributed by atoms with E-state index in [-0.39, 0.29) is 24.0 Å². The third-order valence-corrected chi connectivity index (χ3v) is 3.20. The fraction of sp³-hybridized carbons (Fsp3) is 0.353. The van der Waals surface area contributed by atoms with Gasteiger partial charge in [0.1, 0.15) is 5.75 Å². The van der Waals surface area contributed by atoms with Crippen LogP contribution in [0.3, 0.4) is 0 Å². The average Bonchev–Trinajstić information content (AvgIpc) is 2.96. The highest BCUT2D eigenvalue weighted by molar-refractivity contribution is 14.0. The number of aromatic nitrogens is 1. The van der Waals surface area contributed by atoms with Crippen molar-refractivity contribution in [3.63, 3.8) is 0 Å². The van der Waals surface area contributed by atoms with Gasteiger partial charge < -0.3 is 19.9 Å². The molecule has 0 spiro atoms. The normalized spacial score (nSPS) is 10.8. The molecule has 0 aliphatic carbocycles. The smallest absolute Gasteiger partial charge is 0.191 e. The molecule has 0 aliphatic rings. The summed E-state index contributed by atoms with van der Waals surface area (Å²) in [6, 6.07) is 12.0. The minimum absolute atomic E-state index is 0. The molecular formula is C17H25IN4O. The molecule has 0 saturated carbocycles. The van der Waals surface area contributed by atoms with Gasteiger partial charge in [-0.2, -0.15) is 0 Å². The SMILES string of the molecule is CN=C(NCCCOc1ccccc1)NCc1ccn(C)c1.I. The summed E-state index contributed by atoms with van der Waals surface area (Å²) in [5.41, 5.74) is 1.23. The van der Waals surface area contributed by atoms with Crippen molar-refractivity contribution in [2.24, 2.45) is 12.0 Å². The molecule has 0 radical (unpaired) electrons. The van der Waals surface area contributed by atoms with Gasteiger partial charge in [0.25, 0.3) is 0 Å². The zero-order valence-corrected chi connectivity index (χ0v) is 16.0. The van der Waals surface area contributed by atoms with Crippen LogP contribution >= 0.6 is 24.0 Å². The molecule has 0 aliphatic heterocycles. The van der Waals surface area contributed by atoms with Crippen LogP contribution in [0.1, 0.15) is 12.0 Å². The van der Waals surface area contributed by atoms with E-state index in [1.165, 1.54) is 5.56 Å². The Labute approximate surface area is 155 Å². The first-order valence-corrected chi connectivity index (χ1v) is 7.51. The number of guanidine groups is 1. The van der Waals surface area contributed by atoms with Crippen molar-refractivity contribution in [2.75, 3.05) is 20.2 Å². The van der Waals surface area contributed by atoms with E-state index in [9.17, 15) is 0 Å². The van der Waals surface area contributed by atoms with E-state index >= 15 is 0 Å². The minimum atomic E-state index is 0. The number of benzene rings is 1. The minimum Gasteiger partial charge on any atom is -0.494 e. The second-order valence-electron chi connectivity index (χ2n) is 5.05. The van der Waals surface area contributed by atoms with Crippen molar-refractivity contribution >= 4 is 29.9 Å². The molecule has 23 heavy (non-hydrogen) atoms.